The smallest absolute Gasteiger partial charge is 0.369 e. The Bertz CT molecular complexity index is 721. The first-order chi connectivity index (χ1) is 12.4. The van der Waals surface area contributed by atoms with Crippen LogP contribution in [0.2, 0.25) is 0 Å². The molecule has 0 N–H and O–H groups in total. The zero-order valence-electron chi connectivity index (χ0n) is 14.4. The molecule has 1 aliphatic heterocycles. The van der Waals surface area contributed by atoms with E-state index in [4.69, 9.17) is 0 Å². The summed E-state index contributed by atoms with van der Waals surface area (Å²) < 4.78 is 37.9. The highest BCUT2D eigenvalue weighted by Gasteiger charge is 2.30. The first kappa shape index (κ1) is 18.5. The number of rotatable bonds is 5. The lowest BCUT2D eigenvalue weighted by atomic mass is 10.1. The molecule has 0 amide bonds. The molecule has 26 heavy (non-hydrogen) atoms. The standard InChI is InChI=1S/C20H21F3N2O/c21-20(22,23)17-6-8-18(9-7-17)25-14-12-24(13-15-25)11-10-19(26)16-4-2-1-3-5-16/h1-9H,10-15H2. The normalized spacial score (nSPS) is 15.9. The molecule has 0 atom stereocenters. The highest BCUT2D eigenvalue weighted by atomic mass is 19.4. The number of carbonyl (C=O) groups excluding carboxylic acids is 1. The third-order valence-electron chi connectivity index (χ3n) is 4.68. The molecule has 1 fully saturated rings. The molecule has 0 aliphatic carbocycles. The van der Waals surface area contributed by atoms with E-state index < -0.39 is 11.7 Å². The molecular weight excluding hydrogens is 341 g/mol. The fourth-order valence-corrected chi connectivity index (χ4v) is 3.12. The fraction of sp³-hybridized carbons (Fsp3) is 0.350. The minimum atomic E-state index is -4.30. The molecule has 0 bridgehead atoms. The van der Waals surface area contributed by atoms with Crippen LogP contribution >= 0.6 is 0 Å². The zero-order chi connectivity index (χ0) is 18.6. The van der Waals surface area contributed by atoms with Crippen molar-refractivity contribution >= 4 is 11.5 Å². The van der Waals surface area contributed by atoms with Gasteiger partial charge in [0.05, 0.1) is 5.56 Å². The van der Waals surface area contributed by atoms with Gasteiger partial charge in [0.25, 0.3) is 0 Å². The summed E-state index contributed by atoms with van der Waals surface area (Å²) in [4.78, 5) is 16.5. The highest BCUT2D eigenvalue weighted by molar-refractivity contribution is 5.96. The Hall–Kier alpha value is -2.34. The number of piperazine rings is 1. The van der Waals surface area contributed by atoms with Crippen molar-refractivity contribution in [1.29, 1.82) is 0 Å². The van der Waals surface area contributed by atoms with E-state index in [-0.39, 0.29) is 5.78 Å². The van der Waals surface area contributed by atoms with Crippen LogP contribution in [0.5, 0.6) is 0 Å². The second-order valence-electron chi connectivity index (χ2n) is 6.41. The predicted octanol–water partition coefficient (Wildman–Crippen LogP) is 4.10. The van der Waals surface area contributed by atoms with Crippen LogP contribution in [-0.4, -0.2) is 43.4 Å². The van der Waals surface area contributed by atoms with Gasteiger partial charge in [0.1, 0.15) is 0 Å². The van der Waals surface area contributed by atoms with E-state index in [1.54, 1.807) is 0 Å². The Morgan fingerprint density at radius 2 is 1.50 bits per heavy atom. The van der Waals surface area contributed by atoms with Gasteiger partial charge >= 0.3 is 6.18 Å². The molecule has 0 aromatic heterocycles. The molecule has 138 valence electrons. The molecule has 0 unspecified atom stereocenters. The number of alkyl halides is 3. The molecule has 0 radical (unpaired) electrons. The summed E-state index contributed by atoms with van der Waals surface area (Å²) in [5.41, 5.74) is 0.910. The minimum Gasteiger partial charge on any atom is -0.369 e. The Morgan fingerprint density at radius 3 is 2.08 bits per heavy atom. The lowest BCUT2D eigenvalue weighted by Gasteiger charge is -2.36. The number of Topliss-reactive ketones (excluding diaryl/α,β-unsaturated/α-hetero) is 1. The summed E-state index contributed by atoms with van der Waals surface area (Å²) in [7, 11) is 0. The quantitative estimate of drug-likeness (QED) is 0.748. The monoisotopic (exact) mass is 362 g/mol. The van der Waals surface area contributed by atoms with Crippen molar-refractivity contribution < 1.29 is 18.0 Å². The maximum absolute atomic E-state index is 12.6. The number of nitrogens with zero attached hydrogens (tertiary/aromatic N) is 2. The molecule has 3 nitrogen and oxygen atoms in total. The van der Waals surface area contributed by atoms with Crippen LogP contribution in [0, 0.1) is 0 Å². The van der Waals surface area contributed by atoms with E-state index >= 15 is 0 Å². The molecule has 1 saturated heterocycles. The number of carbonyl (C=O) groups is 1. The molecule has 0 saturated carbocycles. The number of benzene rings is 2. The molecule has 1 aliphatic rings. The van der Waals surface area contributed by atoms with Gasteiger partial charge in [-0.2, -0.15) is 13.2 Å². The fourth-order valence-electron chi connectivity index (χ4n) is 3.12. The van der Waals surface area contributed by atoms with E-state index in [1.807, 2.05) is 30.3 Å². The zero-order valence-corrected chi connectivity index (χ0v) is 14.4. The van der Waals surface area contributed by atoms with Crippen molar-refractivity contribution in [3.8, 4) is 0 Å². The van der Waals surface area contributed by atoms with Gasteiger partial charge in [0, 0.05) is 50.4 Å². The SMILES string of the molecule is O=C(CCN1CCN(c2ccc(C(F)(F)F)cc2)CC1)c1ccccc1. The maximum atomic E-state index is 12.6. The van der Waals surface area contributed by atoms with Gasteiger partial charge in [0.2, 0.25) is 0 Å². The summed E-state index contributed by atoms with van der Waals surface area (Å²) in [5, 5.41) is 0. The number of halogens is 3. The van der Waals surface area contributed by atoms with Crippen molar-refractivity contribution in [1.82, 2.24) is 4.90 Å². The number of ketones is 1. The number of anilines is 1. The van der Waals surface area contributed by atoms with Crippen molar-refractivity contribution in [3.05, 3.63) is 65.7 Å². The second-order valence-corrected chi connectivity index (χ2v) is 6.41. The lowest BCUT2D eigenvalue weighted by molar-refractivity contribution is -0.137. The van der Waals surface area contributed by atoms with E-state index in [0.29, 0.717) is 13.0 Å². The minimum absolute atomic E-state index is 0.135. The van der Waals surface area contributed by atoms with Gasteiger partial charge in [-0.05, 0) is 24.3 Å². The maximum Gasteiger partial charge on any atom is 0.416 e. The van der Waals surface area contributed by atoms with Crippen molar-refractivity contribution in [2.24, 2.45) is 0 Å². The Labute approximate surface area is 151 Å². The largest absolute Gasteiger partial charge is 0.416 e. The summed E-state index contributed by atoms with van der Waals surface area (Å²) >= 11 is 0. The summed E-state index contributed by atoms with van der Waals surface area (Å²) in [5.74, 6) is 0.135. The Kier molecular flexibility index (Phi) is 5.61. The summed E-state index contributed by atoms with van der Waals surface area (Å²) in [6.45, 7) is 3.77. The highest BCUT2D eigenvalue weighted by Crippen LogP contribution is 2.30. The van der Waals surface area contributed by atoms with Crippen molar-refractivity contribution in [2.75, 3.05) is 37.6 Å². The molecule has 2 aromatic rings. The van der Waals surface area contributed by atoms with Crippen LogP contribution in [0.1, 0.15) is 22.3 Å². The summed E-state index contributed by atoms with van der Waals surface area (Å²) in [6.07, 6.45) is -3.83. The van der Waals surface area contributed by atoms with Gasteiger partial charge < -0.3 is 4.90 Å². The van der Waals surface area contributed by atoms with Crippen LogP contribution in [-0.2, 0) is 6.18 Å². The second kappa shape index (κ2) is 7.91. The predicted molar refractivity (Wildman–Crippen MR) is 95.5 cm³/mol. The van der Waals surface area contributed by atoms with Gasteiger partial charge in [-0.25, -0.2) is 0 Å². The average molecular weight is 362 g/mol. The van der Waals surface area contributed by atoms with E-state index in [1.165, 1.54) is 12.1 Å². The van der Waals surface area contributed by atoms with E-state index in [0.717, 1.165) is 49.6 Å². The molecule has 2 aromatic carbocycles. The average Bonchev–Trinajstić information content (AvgIpc) is 2.66. The van der Waals surface area contributed by atoms with Gasteiger partial charge in [-0.15, -0.1) is 0 Å². The van der Waals surface area contributed by atoms with Crippen LogP contribution in [0.25, 0.3) is 0 Å². The van der Waals surface area contributed by atoms with Crippen LogP contribution < -0.4 is 4.90 Å². The van der Waals surface area contributed by atoms with Gasteiger partial charge in [-0.3, -0.25) is 9.69 Å². The topological polar surface area (TPSA) is 23.6 Å². The summed E-state index contributed by atoms with van der Waals surface area (Å²) in [6, 6.07) is 14.6. The van der Waals surface area contributed by atoms with Crippen LogP contribution in [0.15, 0.2) is 54.6 Å². The first-order valence-electron chi connectivity index (χ1n) is 8.66. The number of hydrogen-bond acceptors (Lipinski definition) is 3. The van der Waals surface area contributed by atoms with Gasteiger partial charge in [0.15, 0.2) is 5.78 Å². The van der Waals surface area contributed by atoms with E-state index in [2.05, 4.69) is 9.80 Å². The third-order valence-corrected chi connectivity index (χ3v) is 4.68. The molecule has 0 spiro atoms. The Balaban J connectivity index is 1.48. The number of hydrogen-bond donors (Lipinski definition) is 0. The molecule has 3 rings (SSSR count). The van der Waals surface area contributed by atoms with Crippen molar-refractivity contribution in [2.45, 2.75) is 12.6 Å². The van der Waals surface area contributed by atoms with Crippen LogP contribution in [0.3, 0.4) is 0 Å². The molecule has 6 heteroatoms. The molecular formula is C20H21F3N2O. The van der Waals surface area contributed by atoms with E-state index in [9.17, 15) is 18.0 Å². The molecule has 1 heterocycles. The Morgan fingerprint density at radius 1 is 0.885 bits per heavy atom. The van der Waals surface area contributed by atoms with Crippen molar-refractivity contribution in [3.63, 3.8) is 0 Å². The first-order valence-corrected chi connectivity index (χ1v) is 8.66. The lowest BCUT2D eigenvalue weighted by Crippen LogP contribution is -2.46. The van der Waals surface area contributed by atoms with Crippen LogP contribution in [0.4, 0.5) is 18.9 Å². The van der Waals surface area contributed by atoms with Gasteiger partial charge in [-0.1, -0.05) is 30.3 Å². The third kappa shape index (κ3) is 4.64.